The lowest BCUT2D eigenvalue weighted by Crippen LogP contribution is -2.00. The maximum absolute atomic E-state index is 13.8. The molecule has 2 aromatic rings. The molecule has 4 nitrogen and oxygen atoms in total. The van der Waals surface area contributed by atoms with Gasteiger partial charge in [-0.2, -0.15) is 0 Å². The molecular weight excluding hydrogens is 286 g/mol. The van der Waals surface area contributed by atoms with E-state index in [1.807, 2.05) is 0 Å². The molecule has 20 heavy (non-hydrogen) atoms. The van der Waals surface area contributed by atoms with Gasteiger partial charge in [0.25, 0.3) is 5.69 Å². The molecule has 0 aliphatic heterocycles. The van der Waals surface area contributed by atoms with Crippen LogP contribution in [0.5, 0.6) is 0 Å². The summed E-state index contributed by atoms with van der Waals surface area (Å²) in [6, 6.07) is 8.04. The highest BCUT2D eigenvalue weighted by molar-refractivity contribution is 7.99. The van der Waals surface area contributed by atoms with Crippen LogP contribution in [0.15, 0.2) is 46.2 Å². The van der Waals surface area contributed by atoms with Gasteiger partial charge in [-0.15, -0.1) is 0 Å². The molecule has 0 heterocycles. The molecule has 0 spiro atoms. The van der Waals surface area contributed by atoms with Crippen LogP contribution in [-0.2, 0) is 6.54 Å². The van der Waals surface area contributed by atoms with Gasteiger partial charge in [0.1, 0.15) is 11.6 Å². The molecule has 7 heteroatoms. The number of hydrogen-bond acceptors (Lipinski definition) is 4. The Hall–Kier alpha value is -1.99. The van der Waals surface area contributed by atoms with E-state index >= 15 is 0 Å². The molecule has 2 aromatic carbocycles. The van der Waals surface area contributed by atoms with Crippen LogP contribution in [0.1, 0.15) is 5.56 Å². The molecule has 0 radical (unpaired) electrons. The molecule has 0 amide bonds. The fraction of sp³-hybridized carbons (Fsp3) is 0.0769. The lowest BCUT2D eigenvalue weighted by atomic mass is 10.2. The van der Waals surface area contributed by atoms with Crippen molar-refractivity contribution in [1.82, 2.24) is 0 Å². The van der Waals surface area contributed by atoms with E-state index in [1.165, 1.54) is 18.2 Å². The maximum atomic E-state index is 13.8. The van der Waals surface area contributed by atoms with Gasteiger partial charge in [0.15, 0.2) is 0 Å². The van der Waals surface area contributed by atoms with Crippen LogP contribution in [0.3, 0.4) is 0 Å². The Bertz CT molecular complexity index is 642. The van der Waals surface area contributed by atoms with Gasteiger partial charge in [-0.25, -0.2) is 8.78 Å². The number of rotatable bonds is 4. The molecule has 0 fully saturated rings. The quantitative estimate of drug-likeness (QED) is 0.692. The van der Waals surface area contributed by atoms with E-state index in [0.717, 1.165) is 12.1 Å². The van der Waals surface area contributed by atoms with E-state index < -0.39 is 16.6 Å². The Balaban J connectivity index is 2.43. The van der Waals surface area contributed by atoms with Gasteiger partial charge in [0, 0.05) is 12.6 Å². The first-order chi connectivity index (χ1) is 9.52. The van der Waals surface area contributed by atoms with Gasteiger partial charge >= 0.3 is 0 Å². The predicted molar refractivity (Wildman–Crippen MR) is 71.5 cm³/mol. The number of para-hydroxylation sites is 1. The smallest absolute Gasteiger partial charge is 0.283 e. The van der Waals surface area contributed by atoms with Crippen molar-refractivity contribution < 1.29 is 13.7 Å². The third-order valence-electron chi connectivity index (χ3n) is 2.57. The second-order valence-corrected chi connectivity index (χ2v) is 4.97. The van der Waals surface area contributed by atoms with Gasteiger partial charge in [0.05, 0.1) is 14.7 Å². The summed E-state index contributed by atoms with van der Waals surface area (Å²) in [5.74, 6) is -1.57. The molecule has 2 rings (SSSR count). The van der Waals surface area contributed by atoms with Gasteiger partial charge in [-0.3, -0.25) is 10.1 Å². The number of nitro benzene ring substituents is 1. The topological polar surface area (TPSA) is 69.2 Å². The summed E-state index contributed by atoms with van der Waals surface area (Å²) in [4.78, 5) is 10.2. The molecule has 0 unspecified atom stereocenters. The molecule has 0 saturated carbocycles. The third kappa shape index (κ3) is 2.94. The SMILES string of the molecule is NCc1cc(F)c(Sc2ccccc2[N+](=O)[O-])c(F)c1. The minimum atomic E-state index is -0.784. The molecule has 104 valence electrons. The van der Waals surface area contributed by atoms with Crippen molar-refractivity contribution in [2.75, 3.05) is 0 Å². The highest BCUT2D eigenvalue weighted by Crippen LogP contribution is 2.37. The maximum Gasteiger partial charge on any atom is 0.283 e. The Morgan fingerprint density at radius 3 is 2.35 bits per heavy atom. The van der Waals surface area contributed by atoms with Gasteiger partial charge in [0.2, 0.25) is 0 Å². The number of nitrogens with two attached hydrogens (primary N) is 1. The van der Waals surface area contributed by atoms with Crippen molar-refractivity contribution in [2.45, 2.75) is 16.3 Å². The Morgan fingerprint density at radius 1 is 1.20 bits per heavy atom. The number of halogens is 2. The number of nitrogens with zero attached hydrogens (tertiary/aromatic N) is 1. The van der Waals surface area contributed by atoms with E-state index in [2.05, 4.69) is 0 Å². The number of nitro groups is 1. The fourth-order valence-electron chi connectivity index (χ4n) is 1.63. The molecule has 2 N–H and O–H groups in total. The first-order valence-electron chi connectivity index (χ1n) is 5.62. The van der Waals surface area contributed by atoms with Gasteiger partial charge in [-0.1, -0.05) is 23.9 Å². The monoisotopic (exact) mass is 296 g/mol. The van der Waals surface area contributed by atoms with Gasteiger partial charge in [-0.05, 0) is 23.8 Å². The lowest BCUT2D eigenvalue weighted by molar-refractivity contribution is -0.387. The summed E-state index contributed by atoms with van der Waals surface area (Å²) in [5, 5.41) is 10.9. The van der Waals surface area contributed by atoms with E-state index in [0.29, 0.717) is 17.3 Å². The zero-order chi connectivity index (χ0) is 14.7. The Kier molecular flexibility index (Phi) is 4.31. The standard InChI is InChI=1S/C13H10F2N2O2S/c14-9-5-8(7-16)6-10(15)13(9)20-12-4-2-1-3-11(12)17(18)19/h1-6H,7,16H2. The first-order valence-corrected chi connectivity index (χ1v) is 6.44. The predicted octanol–water partition coefficient (Wildman–Crippen LogP) is 3.48. The van der Waals surface area contributed by atoms with Crippen LogP contribution in [-0.4, -0.2) is 4.92 Å². The number of hydrogen-bond donors (Lipinski definition) is 1. The molecule has 0 bridgehead atoms. The second kappa shape index (κ2) is 5.98. The van der Waals surface area contributed by atoms with Crippen LogP contribution < -0.4 is 5.73 Å². The summed E-state index contributed by atoms with van der Waals surface area (Å²) < 4.78 is 27.7. The summed E-state index contributed by atoms with van der Waals surface area (Å²) >= 11 is 0.682. The molecular formula is C13H10F2N2O2S. The van der Waals surface area contributed by atoms with E-state index in [-0.39, 0.29) is 22.0 Å². The van der Waals surface area contributed by atoms with Crippen molar-refractivity contribution in [3.63, 3.8) is 0 Å². The first kappa shape index (κ1) is 14.4. The van der Waals surface area contributed by atoms with Crippen LogP contribution in [0.2, 0.25) is 0 Å². The summed E-state index contributed by atoms with van der Waals surface area (Å²) in [6.45, 7) is 0.0181. The van der Waals surface area contributed by atoms with Crippen molar-refractivity contribution in [2.24, 2.45) is 5.73 Å². The average molecular weight is 296 g/mol. The molecule has 0 atom stereocenters. The molecule has 0 aliphatic rings. The van der Waals surface area contributed by atoms with Crippen LogP contribution in [0.4, 0.5) is 14.5 Å². The third-order valence-corrected chi connectivity index (χ3v) is 3.73. The molecule has 0 aromatic heterocycles. The second-order valence-electron chi connectivity index (χ2n) is 3.92. The van der Waals surface area contributed by atoms with E-state index in [9.17, 15) is 18.9 Å². The Morgan fingerprint density at radius 2 is 1.80 bits per heavy atom. The van der Waals surface area contributed by atoms with E-state index in [1.54, 1.807) is 6.07 Å². The van der Waals surface area contributed by atoms with Crippen molar-refractivity contribution in [3.8, 4) is 0 Å². The number of benzene rings is 2. The zero-order valence-corrected chi connectivity index (χ0v) is 11.0. The zero-order valence-electron chi connectivity index (χ0n) is 10.2. The van der Waals surface area contributed by atoms with Gasteiger partial charge < -0.3 is 5.73 Å². The van der Waals surface area contributed by atoms with Crippen LogP contribution in [0, 0.1) is 21.7 Å². The average Bonchev–Trinajstić information content (AvgIpc) is 2.42. The summed E-state index contributed by atoms with van der Waals surface area (Å²) in [6.07, 6.45) is 0. The summed E-state index contributed by atoms with van der Waals surface area (Å²) in [7, 11) is 0. The van der Waals surface area contributed by atoms with Crippen molar-refractivity contribution in [3.05, 3.63) is 63.7 Å². The van der Waals surface area contributed by atoms with E-state index in [4.69, 9.17) is 5.73 Å². The molecule has 0 saturated heterocycles. The minimum absolute atomic E-state index is 0.0181. The highest BCUT2D eigenvalue weighted by Gasteiger charge is 2.18. The van der Waals surface area contributed by atoms with Crippen LogP contribution >= 0.6 is 11.8 Å². The normalized spacial score (nSPS) is 10.6. The summed E-state index contributed by atoms with van der Waals surface area (Å²) in [5.41, 5.74) is 5.46. The Labute approximate surface area is 117 Å². The minimum Gasteiger partial charge on any atom is -0.326 e. The highest BCUT2D eigenvalue weighted by atomic mass is 32.2. The largest absolute Gasteiger partial charge is 0.326 e. The fourth-order valence-corrected chi connectivity index (χ4v) is 2.56. The molecule has 0 aliphatic carbocycles. The van der Waals surface area contributed by atoms with Crippen LogP contribution in [0.25, 0.3) is 0 Å². The van der Waals surface area contributed by atoms with Crippen molar-refractivity contribution >= 4 is 17.4 Å². The lowest BCUT2D eigenvalue weighted by Gasteiger charge is -2.07. The van der Waals surface area contributed by atoms with Crippen molar-refractivity contribution in [1.29, 1.82) is 0 Å².